The molecule has 2 aromatic carbocycles. The van der Waals surface area contributed by atoms with Crippen LogP contribution >= 0.6 is 11.3 Å². The van der Waals surface area contributed by atoms with Gasteiger partial charge in [0, 0.05) is 17.4 Å². The molecule has 3 aromatic rings. The van der Waals surface area contributed by atoms with Crippen LogP contribution in [0, 0.1) is 11.6 Å². The van der Waals surface area contributed by atoms with E-state index in [0.717, 1.165) is 29.1 Å². The largest absolute Gasteiger partial charge is 0.497 e. The number of hydrogen-bond donors (Lipinski definition) is 1. The standard InChI is InChI=1S/C19H16F2N2O2S/c1-25-14-6-4-13(5-7-14)17-11-26-19(22-17)23-18(24)9-3-12-2-8-15(20)16(21)10-12/h2,4-8,10-11H,3,9H2,1H3,(H,22,23,24). The Morgan fingerprint density at radius 3 is 2.62 bits per heavy atom. The van der Waals surface area contributed by atoms with Crippen LogP contribution in [0.5, 0.6) is 5.75 Å². The average molecular weight is 374 g/mol. The third-order valence-corrected chi connectivity index (χ3v) is 4.52. The number of carbonyl (C=O) groups is 1. The molecule has 0 aliphatic carbocycles. The number of hydrogen-bond acceptors (Lipinski definition) is 4. The molecule has 4 nitrogen and oxygen atoms in total. The maximum Gasteiger partial charge on any atom is 0.226 e. The highest BCUT2D eigenvalue weighted by atomic mass is 32.1. The van der Waals surface area contributed by atoms with E-state index in [-0.39, 0.29) is 12.3 Å². The van der Waals surface area contributed by atoms with E-state index in [9.17, 15) is 13.6 Å². The zero-order chi connectivity index (χ0) is 18.5. The number of aromatic nitrogens is 1. The molecular formula is C19H16F2N2O2S. The zero-order valence-corrected chi connectivity index (χ0v) is 14.8. The summed E-state index contributed by atoms with van der Waals surface area (Å²) in [7, 11) is 1.60. The van der Waals surface area contributed by atoms with Crippen molar-refractivity contribution in [3.63, 3.8) is 0 Å². The van der Waals surface area contributed by atoms with Crippen LogP contribution < -0.4 is 10.1 Å². The lowest BCUT2D eigenvalue weighted by molar-refractivity contribution is -0.116. The predicted molar refractivity (Wildman–Crippen MR) is 97.4 cm³/mol. The summed E-state index contributed by atoms with van der Waals surface area (Å²) < 4.78 is 31.2. The van der Waals surface area contributed by atoms with Gasteiger partial charge in [-0.25, -0.2) is 13.8 Å². The topological polar surface area (TPSA) is 51.2 Å². The van der Waals surface area contributed by atoms with Gasteiger partial charge in [-0.3, -0.25) is 4.79 Å². The summed E-state index contributed by atoms with van der Waals surface area (Å²) in [6, 6.07) is 11.1. The Labute approximate surface area is 153 Å². The number of halogens is 2. The minimum Gasteiger partial charge on any atom is -0.497 e. The summed E-state index contributed by atoms with van der Waals surface area (Å²) in [6.07, 6.45) is 0.474. The molecular weight excluding hydrogens is 358 g/mol. The van der Waals surface area contributed by atoms with Gasteiger partial charge in [-0.1, -0.05) is 6.07 Å². The van der Waals surface area contributed by atoms with Crippen LogP contribution in [0.4, 0.5) is 13.9 Å². The molecule has 0 bridgehead atoms. The number of nitrogens with zero attached hydrogens (tertiary/aromatic N) is 1. The Kier molecular flexibility index (Phi) is 5.58. The van der Waals surface area contributed by atoms with E-state index >= 15 is 0 Å². The molecule has 3 rings (SSSR count). The number of nitrogens with one attached hydrogen (secondary N) is 1. The number of carbonyl (C=O) groups excluding carboxylic acids is 1. The van der Waals surface area contributed by atoms with Crippen LogP contribution in [0.2, 0.25) is 0 Å². The molecule has 0 spiro atoms. The third-order valence-electron chi connectivity index (χ3n) is 3.76. The molecule has 0 saturated carbocycles. The number of thiazole rings is 1. The van der Waals surface area contributed by atoms with Gasteiger partial charge in [-0.2, -0.15) is 0 Å². The monoisotopic (exact) mass is 374 g/mol. The lowest BCUT2D eigenvalue weighted by atomic mass is 10.1. The zero-order valence-electron chi connectivity index (χ0n) is 14.0. The summed E-state index contributed by atoms with van der Waals surface area (Å²) in [6.45, 7) is 0. The average Bonchev–Trinajstić information content (AvgIpc) is 3.11. The van der Waals surface area contributed by atoms with Crippen molar-refractivity contribution in [2.24, 2.45) is 0 Å². The van der Waals surface area contributed by atoms with Gasteiger partial charge in [0.05, 0.1) is 12.8 Å². The molecule has 1 aromatic heterocycles. The van der Waals surface area contributed by atoms with Crippen molar-refractivity contribution < 1.29 is 18.3 Å². The highest BCUT2D eigenvalue weighted by Gasteiger charge is 2.10. The summed E-state index contributed by atoms with van der Waals surface area (Å²) in [5.41, 5.74) is 2.25. The first-order chi connectivity index (χ1) is 12.5. The Hall–Kier alpha value is -2.80. The molecule has 0 aliphatic heterocycles. The van der Waals surface area contributed by atoms with Crippen LogP contribution in [-0.4, -0.2) is 18.0 Å². The van der Waals surface area contributed by atoms with Gasteiger partial charge in [0.2, 0.25) is 5.91 Å². The fraction of sp³-hybridized carbons (Fsp3) is 0.158. The third kappa shape index (κ3) is 4.43. The van der Waals surface area contributed by atoms with Crippen molar-refractivity contribution in [3.05, 3.63) is 65.0 Å². The van der Waals surface area contributed by atoms with Crippen molar-refractivity contribution in [1.29, 1.82) is 0 Å². The minimum absolute atomic E-state index is 0.155. The molecule has 1 N–H and O–H groups in total. The second kappa shape index (κ2) is 8.05. The van der Waals surface area contributed by atoms with Gasteiger partial charge < -0.3 is 10.1 Å². The summed E-state index contributed by atoms with van der Waals surface area (Å²) in [5, 5.41) is 5.07. The van der Waals surface area contributed by atoms with Crippen LogP contribution in [-0.2, 0) is 11.2 Å². The van der Waals surface area contributed by atoms with E-state index in [1.54, 1.807) is 7.11 Å². The molecule has 0 saturated heterocycles. The van der Waals surface area contributed by atoms with Crippen molar-refractivity contribution in [1.82, 2.24) is 4.98 Å². The summed E-state index contributed by atoms with van der Waals surface area (Å²) in [5.74, 6) is -1.28. The number of rotatable bonds is 6. The Morgan fingerprint density at radius 2 is 1.92 bits per heavy atom. The highest BCUT2D eigenvalue weighted by Crippen LogP contribution is 2.26. The Balaban J connectivity index is 1.57. The van der Waals surface area contributed by atoms with Gasteiger partial charge in [0.25, 0.3) is 0 Å². The maximum absolute atomic E-state index is 13.2. The molecule has 7 heteroatoms. The molecule has 0 aliphatic rings. The number of ether oxygens (including phenoxy) is 1. The van der Waals surface area contributed by atoms with Crippen LogP contribution in [0.25, 0.3) is 11.3 Å². The fourth-order valence-corrected chi connectivity index (χ4v) is 3.10. The number of methoxy groups -OCH3 is 1. The second-order valence-corrected chi connectivity index (χ2v) is 6.42. The molecule has 134 valence electrons. The number of benzene rings is 2. The molecule has 0 radical (unpaired) electrons. The first-order valence-electron chi connectivity index (χ1n) is 7.89. The van der Waals surface area contributed by atoms with E-state index in [1.807, 2.05) is 29.6 Å². The van der Waals surface area contributed by atoms with Crippen LogP contribution in [0.1, 0.15) is 12.0 Å². The van der Waals surface area contributed by atoms with E-state index in [0.29, 0.717) is 17.1 Å². The van der Waals surface area contributed by atoms with Crippen molar-refractivity contribution >= 4 is 22.4 Å². The van der Waals surface area contributed by atoms with Crippen molar-refractivity contribution in [2.45, 2.75) is 12.8 Å². The van der Waals surface area contributed by atoms with Gasteiger partial charge in [-0.05, 0) is 48.4 Å². The second-order valence-electron chi connectivity index (χ2n) is 5.56. The smallest absolute Gasteiger partial charge is 0.226 e. The lowest BCUT2D eigenvalue weighted by Crippen LogP contribution is -2.12. The van der Waals surface area contributed by atoms with Gasteiger partial charge in [0.1, 0.15) is 5.75 Å². The SMILES string of the molecule is COc1ccc(-c2csc(NC(=O)CCc3ccc(F)c(F)c3)n2)cc1. The molecule has 0 fully saturated rings. The van der Waals surface area contributed by atoms with E-state index in [4.69, 9.17) is 4.74 Å². The Bertz CT molecular complexity index is 910. The first kappa shape index (κ1) is 18.0. The molecule has 0 unspecified atom stereocenters. The molecule has 1 amide bonds. The number of amides is 1. The van der Waals surface area contributed by atoms with Crippen LogP contribution in [0.15, 0.2) is 47.8 Å². The molecule has 26 heavy (non-hydrogen) atoms. The predicted octanol–water partition coefficient (Wildman–Crippen LogP) is 4.67. The number of aryl methyl sites for hydroxylation is 1. The molecule has 1 heterocycles. The van der Waals surface area contributed by atoms with E-state index < -0.39 is 11.6 Å². The fourth-order valence-electron chi connectivity index (χ4n) is 2.36. The first-order valence-corrected chi connectivity index (χ1v) is 8.77. The minimum atomic E-state index is -0.910. The normalized spacial score (nSPS) is 10.6. The maximum atomic E-state index is 13.2. The molecule has 0 atom stereocenters. The van der Waals surface area contributed by atoms with Gasteiger partial charge in [-0.15, -0.1) is 11.3 Å². The van der Waals surface area contributed by atoms with Gasteiger partial charge >= 0.3 is 0 Å². The van der Waals surface area contributed by atoms with E-state index in [1.165, 1.54) is 17.4 Å². The summed E-state index contributed by atoms with van der Waals surface area (Å²) in [4.78, 5) is 16.4. The van der Waals surface area contributed by atoms with Crippen LogP contribution in [0.3, 0.4) is 0 Å². The van der Waals surface area contributed by atoms with Crippen molar-refractivity contribution in [3.8, 4) is 17.0 Å². The summed E-state index contributed by atoms with van der Waals surface area (Å²) >= 11 is 1.32. The quantitative estimate of drug-likeness (QED) is 0.682. The van der Waals surface area contributed by atoms with E-state index in [2.05, 4.69) is 10.3 Å². The highest BCUT2D eigenvalue weighted by molar-refractivity contribution is 7.14. The number of anilines is 1. The lowest BCUT2D eigenvalue weighted by Gasteiger charge is -2.03. The van der Waals surface area contributed by atoms with Crippen molar-refractivity contribution in [2.75, 3.05) is 12.4 Å². The Morgan fingerprint density at radius 1 is 1.15 bits per heavy atom. The van der Waals surface area contributed by atoms with Gasteiger partial charge in [0.15, 0.2) is 16.8 Å².